The summed E-state index contributed by atoms with van der Waals surface area (Å²) in [6.07, 6.45) is 0. The smallest absolute Gasteiger partial charge is 0.284 e. The second-order valence-corrected chi connectivity index (χ2v) is 5.65. The van der Waals surface area contributed by atoms with E-state index in [1.807, 2.05) is 0 Å². The lowest BCUT2D eigenvalue weighted by atomic mass is 9.99. The number of carbonyl (C=O) groups excluding carboxylic acids is 1. The van der Waals surface area contributed by atoms with E-state index in [1.165, 1.54) is 6.07 Å². The van der Waals surface area contributed by atoms with Gasteiger partial charge in [0.15, 0.2) is 11.5 Å². The zero-order valence-electron chi connectivity index (χ0n) is 12.6. The molecule has 0 aliphatic rings. The summed E-state index contributed by atoms with van der Waals surface area (Å²) in [6, 6.07) is 8.93. The molecule has 0 bridgehead atoms. The van der Waals surface area contributed by atoms with Crippen LogP contribution in [0.1, 0.15) is 24.2 Å². The van der Waals surface area contributed by atoms with Gasteiger partial charge in [-0.05, 0) is 30.3 Å². The van der Waals surface area contributed by atoms with Crippen molar-refractivity contribution in [1.29, 1.82) is 0 Å². The predicted octanol–water partition coefficient (Wildman–Crippen LogP) is 4.46. The van der Waals surface area contributed by atoms with Gasteiger partial charge >= 0.3 is 0 Å². The fraction of sp³-hybridized carbons (Fsp3) is 0.188. The number of ketones is 1. The second-order valence-electron chi connectivity index (χ2n) is 5.25. The van der Waals surface area contributed by atoms with Crippen LogP contribution in [-0.4, -0.2) is 10.7 Å². The number of nitrogen functional groups attached to an aromatic ring is 1. The first-order chi connectivity index (χ1) is 10.8. The number of Topliss-reactive ketones (excluding diaryl/α,β-unsaturated/α-hetero) is 1. The largest absolute Gasteiger partial charge is 0.456 e. The van der Waals surface area contributed by atoms with E-state index in [2.05, 4.69) is 0 Å². The topological polar surface area (TPSA) is 95.5 Å². The summed E-state index contributed by atoms with van der Waals surface area (Å²) in [4.78, 5) is 22.7. The number of hydrogen-bond donors (Lipinski definition) is 1. The number of carbonyl (C=O) groups is 1. The summed E-state index contributed by atoms with van der Waals surface area (Å²) >= 11 is 6.11. The molecule has 23 heavy (non-hydrogen) atoms. The van der Waals surface area contributed by atoms with Crippen LogP contribution in [0.3, 0.4) is 0 Å². The molecule has 7 heteroatoms. The van der Waals surface area contributed by atoms with Crippen LogP contribution in [0, 0.1) is 16.0 Å². The van der Waals surface area contributed by atoms with Gasteiger partial charge in [0.1, 0.15) is 5.75 Å². The second kappa shape index (κ2) is 6.66. The Hall–Kier alpha value is -2.60. The molecule has 0 aromatic heterocycles. The van der Waals surface area contributed by atoms with Crippen molar-refractivity contribution in [3.05, 3.63) is 57.1 Å². The first-order valence-corrected chi connectivity index (χ1v) is 7.23. The van der Waals surface area contributed by atoms with Crippen LogP contribution < -0.4 is 10.5 Å². The number of nitrogens with two attached hydrogens (primary N) is 1. The van der Waals surface area contributed by atoms with E-state index in [0.717, 1.165) is 6.07 Å². The Balaban J connectivity index is 2.46. The Labute approximate surface area is 138 Å². The summed E-state index contributed by atoms with van der Waals surface area (Å²) in [7, 11) is 0. The molecule has 2 rings (SSSR count). The fourth-order valence-corrected chi connectivity index (χ4v) is 2.15. The lowest BCUT2D eigenvalue weighted by molar-refractivity contribution is -0.385. The number of halogens is 1. The Morgan fingerprint density at radius 3 is 2.39 bits per heavy atom. The normalized spacial score (nSPS) is 10.6. The summed E-state index contributed by atoms with van der Waals surface area (Å²) in [5.74, 6) is -0.201. The number of nitro benzene ring substituents is 1. The molecule has 2 aromatic carbocycles. The third-order valence-corrected chi connectivity index (χ3v) is 3.44. The highest BCUT2D eigenvalue weighted by Gasteiger charge is 2.25. The molecule has 0 saturated heterocycles. The van der Waals surface area contributed by atoms with Crippen molar-refractivity contribution in [2.75, 3.05) is 5.73 Å². The fourth-order valence-electron chi connectivity index (χ4n) is 1.94. The zero-order chi connectivity index (χ0) is 17.1. The summed E-state index contributed by atoms with van der Waals surface area (Å²) in [5.41, 5.74) is 5.79. The monoisotopic (exact) mass is 334 g/mol. The molecule has 6 nitrogen and oxygen atoms in total. The standard InChI is InChI=1S/C16H15ClN2O4/c1-9(2)16(20)12-7-13(17)15(8-14(12)19(21)22)23-11-5-3-10(18)4-6-11/h3-9H,18H2,1-2H3. The van der Waals surface area contributed by atoms with E-state index >= 15 is 0 Å². The average molecular weight is 335 g/mol. The molecule has 0 fully saturated rings. The van der Waals surface area contributed by atoms with Crippen molar-refractivity contribution in [1.82, 2.24) is 0 Å². The Kier molecular flexibility index (Phi) is 4.86. The number of benzene rings is 2. The van der Waals surface area contributed by atoms with Gasteiger partial charge in [-0.15, -0.1) is 0 Å². The van der Waals surface area contributed by atoms with Gasteiger partial charge in [0, 0.05) is 11.6 Å². The molecule has 0 radical (unpaired) electrons. The minimum atomic E-state index is -0.623. The number of anilines is 1. The molecular formula is C16H15ClN2O4. The van der Waals surface area contributed by atoms with E-state index in [0.29, 0.717) is 11.4 Å². The van der Waals surface area contributed by atoms with Gasteiger partial charge in [-0.1, -0.05) is 25.4 Å². The highest BCUT2D eigenvalue weighted by atomic mass is 35.5. The molecule has 2 aromatic rings. The van der Waals surface area contributed by atoms with Crippen molar-refractivity contribution in [3.63, 3.8) is 0 Å². The van der Waals surface area contributed by atoms with Crippen LogP contribution in [0.4, 0.5) is 11.4 Å². The Morgan fingerprint density at radius 1 is 1.26 bits per heavy atom. The summed E-state index contributed by atoms with van der Waals surface area (Å²) in [6.45, 7) is 3.33. The Morgan fingerprint density at radius 2 is 1.87 bits per heavy atom. The van der Waals surface area contributed by atoms with Crippen LogP contribution in [0.25, 0.3) is 0 Å². The quantitative estimate of drug-likeness (QED) is 0.377. The Bertz CT molecular complexity index is 757. The first-order valence-electron chi connectivity index (χ1n) is 6.85. The predicted molar refractivity (Wildman–Crippen MR) is 88.2 cm³/mol. The maximum atomic E-state index is 12.1. The number of ether oxygens (including phenoxy) is 1. The molecule has 120 valence electrons. The maximum Gasteiger partial charge on any atom is 0.284 e. The number of rotatable bonds is 5. The number of nitro groups is 1. The minimum Gasteiger partial charge on any atom is -0.456 e. The van der Waals surface area contributed by atoms with E-state index in [1.54, 1.807) is 38.1 Å². The zero-order valence-corrected chi connectivity index (χ0v) is 13.3. The highest BCUT2D eigenvalue weighted by molar-refractivity contribution is 6.32. The molecule has 0 aliphatic carbocycles. The van der Waals surface area contributed by atoms with E-state index in [9.17, 15) is 14.9 Å². The third kappa shape index (κ3) is 3.78. The molecule has 0 atom stereocenters. The SMILES string of the molecule is CC(C)C(=O)c1cc(Cl)c(Oc2ccc(N)cc2)cc1[N+](=O)[O-]. The van der Waals surface area contributed by atoms with Crippen molar-refractivity contribution in [2.45, 2.75) is 13.8 Å². The summed E-state index contributed by atoms with van der Waals surface area (Å²) in [5, 5.41) is 11.4. The molecule has 0 unspecified atom stereocenters. The molecular weight excluding hydrogens is 320 g/mol. The number of nitrogens with zero attached hydrogens (tertiary/aromatic N) is 1. The van der Waals surface area contributed by atoms with Gasteiger partial charge < -0.3 is 10.5 Å². The van der Waals surface area contributed by atoms with Crippen molar-refractivity contribution < 1.29 is 14.5 Å². The van der Waals surface area contributed by atoms with Crippen molar-refractivity contribution in [2.24, 2.45) is 5.92 Å². The van der Waals surface area contributed by atoms with Crippen LogP contribution in [0.5, 0.6) is 11.5 Å². The molecule has 0 heterocycles. The van der Waals surface area contributed by atoms with Crippen LogP contribution in [0.15, 0.2) is 36.4 Å². The third-order valence-electron chi connectivity index (χ3n) is 3.14. The van der Waals surface area contributed by atoms with E-state index < -0.39 is 4.92 Å². The van der Waals surface area contributed by atoms with Crippen molar-refractivity contribution in [3.8, 4) is 11.5 Å². The highest BCUT2D eigenvalue weighted by Crippen LogP contribution is 2.36. The lowest BCUT2D eigenvalue weighted by Crippen LogP contribution is -2.10. The van der Waals surface area contributed by atoms with E-state index in [-0.39, 0.29) is 33.7 Å². The summed E-state index contributed by atoms with van der Waals surface area (Å²) < 4.78 is 5.55. The van der Waals surface area contributed by atoms with Gasteiger partial charge in [0.25, 0.3) is 5.69 Å². The van der Waals surface area contributed by atoms with Gasteiger partial charge in [0.2, 0.25) is 0 Å². The van der Waals surface area contributed by atoms with Gasteiger partial charge in [-0.2, -0.15) is 0 Å². The molecule has 0 aliphatic heterocycles. The van der Waals surface area contributed by atoms with Gasteiger partial charge in [0.05, 0.1) is 21.6 Å². The van der Waals surface area contributed by atoms with Crippen LogP contribution in [0.2, 0.25) is 5.02 Å². The lowest BCUT2D eigenvalue weighted by Gasteiger charge is -2.11. The van der Waals surface area contributed by atoms with Gasteiger partial charge in [-0.25, -0.2) is 0 Å². The molecule has 0 amide bonds. The first kappa shape index (κ1) is 16.8. The average Bonchev–Trinajstić information content (AvgIpc) is 2.50. The molecule has 2 N–H and O–H groups in total. The molecule has 0 spiro atoms. The van der Waals surface area contributed by atoms with Crippen LogP contribution >= 0.6 is 11.6 Å². The van der Waals surface area contributed by atoms with Crippen LogP contribution in [-0.2, 0) is 0 Å². The van der Waals surface area contributed by atoms with Gasteiger partial charge in [-0.3, -0.25) is 14.9 Å². The minimum absolute atomic E-state index is 0.0281. The molecule has 0 saturated carbocycles. The number of hydrogen-bond acceptors (Lipinski definition) is 5. The van der Waals surface area contributed by atoms with E-state index in [4.69, 9.17) is 22.1 Å². The van der Waals surface area contributed by atoms with Crippen molar-refractivity contribution >= 4 is 28.8 Å². The maximum absolute atomic E-state index is 12.1.